The number of carbonyl (C=O) groups excluding carboxylic acids is 2. The molecule has 1 aliphatic heterocycles. The van der Waals surface area contributed by atoms with E-state index in [1.54, 1.807) is 11.8 Å². The van der Waals surface area contributed by atoms with E-state index in [0.29, 0.717) is 12.8 Å². The molecule has 2 unspecified atom stereocenters. The van der Waals surface area contributed by atoms with Crippen molar-refractivity contribution in [3.63, 3.8) is 0 Å². The molecule has 1 aliphatic carbocycles. The summed E-state index contributed by atoms with van der Waals surface area (Å²) in [6.45, 7) is 3.12. The highest BCUT2D eigenvalue weighted by Crippen LogP contribution is 2.38. The number of amides is 3. The molecule has 118 valence electrons. The zero-order valence-corrected chi connectivity index (χ0v) is 12.4. The Morgan fingerprint density at radius 1 is 1.24 bits per heavy atom. The van der Waals surface area contributed by atoms with Crippen molar-refractivity contribution in [2.75, 3.05) is 19.6 Å². The van der Waals surface area contributed by atoms with E-state index >= 15 is 0 Å². The third kappa shape index (κ3) is 3.46. The molecule has 0 aromatic heterocycles. The lowest BCUT2D eigenvalue weighted by Crippen LogP contribution is -2.51. The predicted molar refractivity (Wildman–Crippen MR) is 75.7 cm³/mol. The summed E-state index contributed by atoms with van der Waals surface area (Å²) in [6, 6.07) is -0.862. The van der Waals surface area contributed by atoms with Gasteiger partial charge in [0.05, 0.1) is 12.0 Å². The molecule has 1 saturated heterocycles. The first-order valence-corrected chi connectivity index (χ1v) is 7.49. The first-order chi connectivity index (χ1) is 9.93. The second-order valence-corrected chi connectivity index (χ2v) is 6.08. The summed E-state index contributed by atoms with van der Waals surface area (Å²) in [6.07, 6.45) is 4.00. The van der Waals surface area contributed by atoms with Gasteiger partial charge >= 0.3 is 12.0 Å². The quantitative estimate of drug-likeness (QED) is 0.705. The summed E-state index contributed by atoms with van der Waals surface area (Å²) < 4.78 is 0. The van der Waals surface area contributed by atoms with Gasteiger partial charge in [0, 0.05) is 19.1 Å². The van der Waals surface area contributed by atoms with E-state index in [2.05, 4.69) is 10.6 Å². The molecule has 0 radical (unpaired) electrons. The molecule has 2 fully saturated rings. The number of carbonyl (C=O) groups is 3. The Bertz CT molecular complexity index is 434. The monoisotopic (exact) mass is 297 g/mol. The molecule has 2 aliphatic rings. The van der Waals surface area contributed by atoms with Crippen molar-refractivity contribution < 1.29 is 19.5 Å². The fraction of sp³-hybridized carbons (Fsp3) is 0.786. The fourth-order valence-electron chi connectivity index (χ4n) is 3.10. The van der Waals surface area contributed by atoms with Gasteiger partial charge in [0.1, 0.15) is 0 Å². The van der Waals surface area contributed by atoms with Crippen molar-refractivity contribution in [1.29, 1.82) is 0 Å². The molecule has 0 aromatic carbocycles. The number of hydrogen-bond donors (Lipinski definition) is 3. The minimum atomic E-state index is -0.920. The van der Waals surface area contributed by atoms with E-state index in [1.165, 1.54) is 0 Å². The standard InChI is InChI=1S/C14H23N3O4/c1-14(12(19)20)6-4-5-10(14)16-13(21)15-9-11(18)17-7-2-3-8-17/h10H,2-9H2,1H3,(H,19,20)(H2,15,16,21). The van der Waals surface area contributed by atoms with Crippen molar-refractivity contribution in [3.8, 4) is 0 Å². The van der Waals surface area contributed by atoms with E-state index in [-0.39, 0.29) is 12.5 Å². The van der Waals surface area contributed by atoms with Crippen LogP contribution < -0.4 is 10.6 Å². The number of nitrogens with one attached hydrogen (secondary N) is 2. The highest BCUT2D eigenvalue weighted by molar-refractivity contribution is 5.85. The number of rotatable bonds is 4. The maximum atomic E-state index is 11.8. The summed E-state index contributed by atoms with van der Waals surface area (Å²) >= 11 is 0. The number of urea groups is 1. The number of likely N-dealkylation sites (tertiary alicyclic amines) is 1. The van der Waals surface area contributed by atoms with Gasteiger partial charge in [-0.05, 0) is 32.6 Å². The van der Waals surface area contributed by atoms with E-state index in [0.717, 1.165) is 32.4 Å². The lowest BCUT2D eigenvalue weighted by molar-refractivity contribution is -0.148. The Balaban J connectivity index is 1.79. The number of nitrogens with zero attached hydrogens (tertiary/aromatic N) is 1. The van der Waals surface area contributed by atoms with Crippen molar-refractivity contribution in [2.45, 2.75) is 45.1 Å². The molecular formula is C14H23N3O4. The van der Waals surface area contributed by atoms with Gasteiger partial charge in [0.25, 0.3) is 0 Å². The largest absolute Gasteiger partial charge is 0.481 e. The first kappa shape index (κ1) is 15.6. The van der Waals surface area contributed by atoms with Crippen LogP contribution in [0.4, 0.5) is 4.79 Å². The van der Waals surface area contributed by atoms with Crippen LogP contribution in [0.3, 0.4) is 0 Å². The van der Waals surface area contributed by atoms with Gasteiger partial charge in [-0.2, -0.15) is 0 Å². The number of aliphatic carboxylic acids is 1. The van der Waals surface area contributed by atoms with Crippen molar-refractivity contribution in [1.82, 2.24) is 15.5 Å². The molecule has 7 nitrogen and oxygen atoms in total. The topological polar surface area (TPSA) is 98.7 Å². The van der Waals surface area contributed by atoms with Crippen LogP contribution in [0.25, 0.3) is 0 Å². The highest BCUT2D eigenvalue weighted by Gasteiger charge is 2.45. The molecule has 21 heavy (non-hydrogen) atoms. The van der Waals surface area contributed by atoms with E-state index in [9.17, 15) is 19.5 Å². The number of hydrogen-bond acceptors (Lipinski definition) is 3. The molecule has 3 N–H and O–H groups in total. The van der Waals surface area contributed by atoms with Crippen LogP contribution in [-0.2, 0) is 9.59 Å². The van der Waals surface area contributed by atoms with Gasteiger partial charge in [-0.15, -0.1) is 0 Å². The van der Waals surface area contributed by atoms with Crippen LogP contribution >= 0.6 is 0 Å². The molecule has 0 bridgehead atoms. The van der Waals surface area contributed by atoms with Gasteiger partial charge < -0.3 is 20.6 Å². The van der Waals surface area contributed by atoms with Crippen LogP contribution in [0.1, 0.15) is 39.0 Å². The number of carboxylic acids is 1. The minimum absolute atomic E-state index is 0.0393. The van der Waals surface area contributed by atoms with E-state index in [1.807, 2.05) is 0 Å². The summed E-state index contributed by atoms with van der Waals surface area (Å²) in [5, 5.41) is 14.5. The molecular weight excluding hydrogens is 274 g/mol. The van der Waals surface area contributed by atoms with Crippen LogP contribution in [-0.4, -0.2) is 53.6 Å². The zero-order valence-electron chi connectivity index (χ0n) is 12.4. The zero-order chi connectivity index (χ0) is 15.5. The van der Waals surface area contributed by atoms with Crippen LogP contribution in [0, 0.1) is 5.41 Å². The van der Waals surface area contributed by atoms with Crippen molar-refractivity contribution >= 4 is 17.9 Å². The minimum Gasteiger partial charge on any atom is -0.481 e. The average molecular weight is 297 g/mol. The summed E-state index contributed by atoms with van der Waals surface area (Å²) in [4.78, 5) is 36.7. The second kappa shape index (κ2) is 6.32. The molecule has 1 heterocycles. The lowest BCUT2D eigenvalue weighted by Gasteiger charge is -2.27. The highest BCUT2D eigenvalue weighted by atomic mass is 16.4. The molecule has 2 rings (SSSR count). The SMILES string of the molecule is CC1(C(=O)O)CCCC1NC(=O)NCC(=O)N1CCCC1. The van der Waals surface area contributed by atoms with Crippen LogP contribution in [0.2, 0.25) is 0 Å². The van der Waals surface area contributed by atoms with E-state index in [4.69, 9.17) is 0 Å². The smallest absolute Gasteiger partial charge is 0.315 e. The normalized spacial score (nSPS) is 28.4. The third-order valence-corrected chi connectivity index (χ3v) is 4.61. The van der Waals surface area contributed by atoms with Gasteiger partial charge in [0.2, 0.25) is 5.91 Å². The summed E-state index contributed by atoms with van der Waals surface area (Å²) in [5.74, 6) is -0.978. The molecule has 3 amide bonds. The van der Waals surface area contributed by atoms with Crippen molar-refractivity contribution in [2.24, 2.45) is 5.41 Å². The molecule has 0 aromatic rings. The molecule has 1 saturated carbocycles. The number of carboxylic acid groups (broad SMARTS) is 1. The third-order valence-electron chi connectivity index (χ3n) is 4.61. The first-order valence-electron chi connectivity index (χ1n) is 7.49. The Morgan fingerprint density at radius 2 is 1.90 bits per heavy atom. The van der Waals surface area contributed by atoms with Gasteiger partial charge in [0.15, 0.2) is 0 Å². The van der Waals surface area contributed by atoms with Gasteiger partial charge in [-0.1, -0.05) is 6.42 Å². The Kier molecular flexibility index (Phi) is 4.69. The van der Waals surface area contributed by atoms with Gasteiger partial charge in [-0.25, -0.2) is 4.79 Å². The Morgan fingerprint density at radius 3 is 2.52 bits per heavy atom. The van der Waals surface area contributed by atoms with Crippen LogP contribution in [0.5, 0.6) is 0 Å². The van der Waals surface area contributed by atoms with E-state index < -0.39 is 23.5 Å². The second-order valence-electron chi connectivity index (χ2n) is 6.08. The molecule has 7 heteroatoms. The Hall–Kier alpha value is -1.79. The maximum absolute atomic E-state index is 11.8. The maximum Gasteiger partial charge on any atom is 0.315 e. The average Bonchev–Trinajstić information content (AvgIpc) is 3.07. The summed E-state index contributed by atoms with van der Waals surface area (Å²) in [7, 11) is 0. The predicted octanol–water partition coefficient (Wildman–Crippen LogP) is 0.551. The Labute approximate surface area is 124 Å². The van der Waals surface area contributed by atoms with Crippen molar-refractivity contribution in [3.05, 3.63) is 0 Å². The lowest BCUT2D eigenvalue weighted by atomic mass is 9.85. The summed E-state index contributed by atoms with van der Waals surface area (Å²) in [5.41, 5.74) is -0.920. The molecule has 0 spiro atoms. The molecule has 2 atom stereocenters. The van der Waals surface area contributed by atoms with Gasteiger partial charge in [-0.3, -0.25) is 9.59 Å². The van der Waals surface area contributed by atoms with Crippen LogP contribution in [0.15, 0.2) is 0 Å². The fourth-order valence-corrected chi connectivity index (χ4v) is 3.10.